The summed E-state index contributed by atoms with van der Waals surface area (Å²) in [5, 5.41) is 0.613. The predicted octanol–water partition coefficient (Wildman–Crippen LogP) is 5.73. The van der Waals surface area contributed by atoms with Gasteiger partial charge in [-0.05, 0) is 43.5 Å². The van der Waals surface area contributed by atoms with Crippen LogP contribution in [0.3, 0.4) is 0 Å². The maximum atomic E-state index is 12.6. The number of fused-ring (bicyclic) bond motifs is 1. The summed E-state index contributed by atoms with van der Waals surface area (Å²) >= 11 is 6.56. The molecule has 2 heterocycles. The molecule has 6 heteroatoms. The molecule has 2 aromatic carbocycles. The van der Waals surface area contributed by atoms with E-state index in [9.17, 15) is 4.79 Å². The van der Waals surface area contributed by atoms with E-state index in [-0.39, 0.29) is 6.79 Å². The van der Waals surface area contributed by atoms with Crippen LogP contribution >= 0.6 is 11.6 Å². The molecule has 2 N–H and O–H groups in total. The average Bonchev–Trinajstić information content (AvgIpc) is 3.32. The first-order valence-corrected chi connectivity index (χ1v) is 11.0. The number of halogens is 1. The molecule has 0 saturated heterocycles. The van der Waals surface area contributed by atoms with E-state index in [1.54, 1.807) is 0 Å². The van der Waals surface area contributed by atoms with Gasteiger partial charge in [-0.15, -0.1) is 0 Å². The topological polar surface area (TPSA) is 66.5 Å². The van der Waals surface area contributed by atoms with Gasteiger partial charge >= 0.3 is 0 Å². The highest BCUT2D eigenvalue weighted by atomic mass is 35.5. The van der Waals surface area contributed by atoms with Gasteiger partial charge in [-0.25, -0.2) is 0 Å². The Balaban J connectivity index is 1.86. The van der Waals surface area contributed by atoms with Crippen molar-refractivity contribution in [3.05, 3.63) is 70.0 Å². The van der Waals surface area contributed by atoms with Crippen LogP contribution in [0.2, 0.25) is 5.02 Å². The molecule has 0 spiro atoms. The fourth-order valence-electron chi connectivity index (χ4n) is 4.29. The molecular formula is C25H27ClN2O3. The van der Waals surface area contributed by atoms with Crippen LogP contribution in [-0.4, -0.2) is 17.3 Å². The van der Waals surface area contributed by atoms with E-state index < -0.39 is 5.91 Å². The Morgan fingerprint density at radius 2 is 1.90 bits per heavy atom. The molecule has 4 rings (SSSR count). The minimum Gasteiger partial charge on any atom is -0.454 e. The number of primary amides is 1. The number of carbonyl (C=O) groups excluding carboxylic acids is 1. The van der Waals surface area contributed by atoms with Crippen molar-refractivity contribution in [1.82, 2.24) is 4.57 Å². The summed E-state index contributed by atoms with van der Waals surface area (Å²) in [5.74, 6) is 1.07. The van der Waals surface area contributed by atoms with Crippen LogP contribution in [0, 0.1) is 6.92 Å². The maximum absolute atomic E-state index is 12.6. The maximum Gasteiger partial charge on any atom is 0.251 e. The Labute approximate surface area is 187 Å². The number of ether oxygens (including phenoxy) is 2. The fourth-order valence-corrected chi connectivity index (χ4v) is 4.52. The lowest BCUT2D eigenvalue weighted by molar-refractivity contribution is 0.1000. The number of nitrogens with zero attached hydrogens (tertiary/aromatic N) is 1. The van der Waals surface area contributed by atoms with Gasteiger partial charge in [0.2, 0.25) is 6.79 Å². The molecule has 31 heavy (non-hydrogen) atoms. The number of benzene rings is 2. The Hall–Kier alpha value is -2.92. The van der Waals surface area contributed by atoms with Gasteiger partial charge in [0.25, 0.3) is 5.91 Å². The van der Waals surface area contributed by atoms with Gasteiger partial charge in [-0.3, -0.25) is 4.79 Å². The van der Waals surface area contributed by atoms with Gasteiger partial charge in [0, 0.05) is 34.1 Å². The highest BCUT2D eigenvalue weighted by Crippen LogP contribution is 2.39. The molecule has 1 amide bonds. The highest BCUT2D eigenvalue weighted by Gasteiger charge is 2.26. The lowest BCUT2D eigenvalue weighted by Crippen LogP contribution is -2.13. The molecule has 162 valence electrons. The summed E-state index contributed by atoms with van der Waals surface area (Å²) in [6, 6.07) is 13.6. The Bertz CT molecular complexity index is 1120. The van der Waals surface area contributed by atoms with Crippen molar-refractivity contribution in [2.45, 2.75) is 46.1 Å². The molecular weight excluding hydrogens is 412 g/mol. The first-order valence-electron chi connectivity index (χ1n) is 10.7. The van der Waals surface area contributed by atoms with E-state index in [0.717, 1.165) is 65.3 Å². The summed E-state index contributed by atoms with van der Waals surface area (Å²) in [6.45, 7) is 4.98. The summed E-state index contributed by atoms with van der Waals surface area (Å²) in [7, 11) is 0. The fraction of sp³-hybridized carbons (Fsp3) is 0.320. The van der Waals surface area contributed by atoms with Gasteiger partial charge in [-0.2, -0.15) is 0 Å². The third kappa shape index (κ3) is 4.15. The Morgan fingerprint density at radius 1 is 1.13 bits per heavy atom. The zero-order valence-corrected chi connectivity index (χ0v) is 18.7. The van der Waals surface area contributed by atoms with Crippen LogP contribution in [-0.2, 0) is 13.0 Å². The Morgan fingerprint density at radius 3 is 2.65 bits per heavy atom. The number of amides is 1. The van der Waals surface area contributed by atoms with Crippen LogP contribution in [0.4, 0.5) is 0 Å². The molecule has 0 bridgehead atoms. The van der Waals surface area contributed by atoms with Gasteiger partial charge < -0.3 is 19.8 Å². The van der Waals surface area contributed by atoms with Gasteiger partial charge in [0.15, 0.2) is 11.5 Å². The predicted molar refractivity (Wildman–Crippen MR) is 123 cm³/mol. The molecule has 3 aromatic rings. The molecule has 0 radical (unpaired) electrons. The standard InChI is InChI=1S/C25H27ClN2O3/c1-3-4-5-10-20-24(18-8-6-7-9-19(18)26)23(25(27)29)16(2)28(20)14-17-11-12-21-22(13-17)31-15-30-21/h6-9,11-13H,3-5,10,14-15H2,1-2H3,(H2,27,29). The van der Waals surface area contributed by atoms with Crippen LogP contribution in [0.25, 0.3) is 11.1 Å². The van der Waals surface area contributed by atoms with E-state index in [1.807, 2.05) is 49.4 Å². The van der Waals surface area contributed by atoms with Crippen LogP contribution < -0.4 is 15.2 Å². The largest absolute Gasteiger partial charge is 0.454 e. The molecule has 1 aliphatic heterocycles. The highest BCUT2D eigenvalue weighted by molar-refractivity contribution is 6.33. The van der Waals surface area contributed by atoms with Crippen molar-refractivity contribution in [3.63, 3.8) is 0 Å². The molecule has 1 aromatic heterocycles. The average molecular weight is 439 g/mol. The number of hydrogen-bond donors (Lipinski definition) is 1. The number of carbonyl (C=O) groups is 1. The van der Waals surface area contributed by atoms with Gasteiger partial charge in [0.05, 0.1) is 5.56 Å². The number of nitrogens with two attached hydrogens (primary N) is 1. The second kappa shape index (κ2) is 9.06. The van der Waals surface area contributed by atoms with E-state index in [4.69, 9.17) is 26.8 Å². The Kier molecular flexibility index (Phi) is 6.23. The van der Waals surface area contributed by atoms with Crippen molar-refractivity contribution in [2.75, 3.05) is 6.79 Å². The second-order valence-electron chi connectivity index (χ2n) is 7.86. The number of rotatable bonds is 8. The third-order valence-electron chi connectivity index (χ3n) is 5.82. The zero-order chi connectivity index (χ0) is 22.0. The van der Waals surface area contributed by atoms with E-state index >= 15 is 0 Å². The molecule has 1 aliphatic rings. The monoisotopic (exact) mass is 438 g/mol. The van der Waals surface area contributed by atoms with Gasteiger partial charge in [0.1, 0.15) is 0 Å². The van der Waals surface area contributed by atoms with Crippen LogP contribution in [0.15, 0.2) is 42.5 Å². The molecule has 0 unspecified atom stereocenters. The minimum atomic E-state index is -0.436. The smallest absolute Gasteiger partial charge is 0.251 e. The number of unbranched alkanes of at least 4 members (excludes halogenated alkanes) is 2. The molecule has 0 saturated carbocycles. The molecule has 5 nitrogen and oxygen atoms in total. The normalized spacial score (nSPS) is 12.4. The van der Waals surface area contributed by atoms with Gasteiger partial charge in [-0.1, -0.05) is 55.6 Å². The van der Waals surface area contributed by atoms with E-state index in [0.29, 0.717) is 17.1 Å². The van der Waals surface area contributed by atoms with Crippen molar-refractivity contribution in [3.8, 4) is 22.6 Å². The zero-order valence-electron chi connectivity index (χ0n) is 17.9. The second-order valence-corrected chi connectivity index (χ2v) is 8.26. The summed E-state index contributed by atoms with van der Waals surface area (Å²) < 4.78 is 13.2. The lowest BCUT2D eigenvalue weighted by Gasteiger charge is -2.14. The number of aromatic nitrogens is 1. The van der Waals surface area contributed by atoms with Crippen molar-refractivity contribution >= 4 is 17.5 Å². The molecule has 0 atom stereocenters. The van der Waals surface area contributed by atoms with Crippen molar-refractivity contribution < 1.29 is 14.3 Å². The minimum absolute atomic E-state index is 0.242. The van der Waals surface area contributed by atoms with E-state index in [2.05, 4.69) is 11.5 Å². The van der Waals surface area contributed by atoms with Crippen LogP contribution in [0.1, 0.15) is 53.5 Å². The number of hydrogen-bond acceptors (Lipinski definition) is 3. The molecule has 0 aliphatic carbocycles. The summed E-state index contributed by atoms with van der Waals surface area (Å²) in [6.07, 6.45) is 4.10. The third-order valence-corrected chi connectivity index (χ3v) is 6.15. The lowest BCUT2D eigenvalue weighted by atomic mass is 9.97. The van der Waals surface area contributed by atoms with Crippen molar-refractivity contribution in [1.29, 1.82) is 0 Å². The summed E-state index contributed by atoms with van der Waals surface area (Å²) in [4.78, 5) is 12.6. The first-order chi connectivity index (χ1) is 15.0. The summed E-state index contributed by atoms with van der Waals surface area (Å²) in [5.41, 5.74) is 11.1. The van der Waals surface area contributed by atoms with Crippen molar-refractivity contribution in [2.24, 2.45) is 5.73 Å². The SMILES string of the molecule is CCCCCc1c(-c2ccccc2Cl)c(C(N)=O)c(C)n1Cc1ccc2c(c1)OCO2. The van der Waals surface area contributed by atoms with Crippen LogP contribution in [0.5, 0.6) is 11.5 Å². The van der Waals surface area contributed by atoms with E-state index in [1.165, 1.54) is 0 Å². The quantitative estimate of drug-likeness (QED) is 0.457. The first kappa shape index (κ1) is 21.3. The molecule has 0 fully saturated rings.